The van der Waals surface area contributed by atoms with Crippen molar-refractivity contribution >= 4 is 28.4 Å². The number of pyridine rings is 1. The summed E-state index contributed by atoms with van der Waals surface area (Å²) in [6.45, 7) is 0. The van der Waals surface area contributed by atoms with Gasteiger partial charge in [-0.3, -0.25) is 19.4 Å². The predicted octanol–water partition coefficient (Wildman–Crippen LogP) is 0.776. The number of rotatable bonds is 3. The van der Waals surface area contributed by atoms with Gasteiger partial charge in [0.05, 0.1) is 23.9 Å². The van der Waals surface area contributed by atoms with Gasteiger partial charge in [0, 0.05) is 17.7 Å². The maximum absolute atomic E-state index is 12.5. The van der Waals surface area contributed by atoms with Crippen LogP contribution < -0.4 is 10.1 Å². The molecule has 0 bridgehead atoms. The average Bonchev–Trinajstić information content (AvgIpc) is 3.39. The summed E-state index contributed by atoms with van der Waals surface area (Å²) in [5.74, 6) is -0.914. The molecule has 2 aliphatic rings. The van der Waals surface area contributed by atoms with E-state index < -0.39 is 23.9 Å². The molecule has 1 amide bonds. The van der Waals surface area contributed by atoms with Crippen molar-refractivity contribution in [3.8, 4) is 5.75 Å². The molecule has 1 fully saturated rings. The molecule has 2 aromatic rings. The van der Waals surface area contributed by atoms with Gasteiger partial charge in [0.25, 0.3) is 5.91 Å². The number of nitrogens with zero attached hydrogens (tertiary/aromatic N) is 1. The number of benzene rings is 1. The van der Waals surface area contributed by atoms with Gasteiger partial charge in [-0.05, 0) is 18.2 Å². The Morgan fingerprint density at radius 3 is 2.92 bits per heavy atom. The second kappa shape index (κ2) is 5.24. The number of hydrogen-bond acceptors (Lipinski definition) is 6. The van der Waals surface area contributed by atoms with Crippen LogP contribution in [0.2, 0.25) is 0 Å². The van der Waals surface area contributed by atoms with Crippen molar-refractivity contribution in [1.29, 1.82) is 0 Å². The highest BCUT2D eigenvalue weighted by atomic mass is 16.6. The van der Waals surface area contributed by atoms with Crippen LogP contribution in [-0.2, 0) is 14.3 Å². The lowest BCUT2D eigenvalue weighted by atomic mass is 10.0. The van der Waals surface area contributed by atoms with E-state index in [1.165, 1.54) is 7.11 Å². The van der Waals surface area contributed by atoms with Gasteiger partial charge in [0.2, 0.25) is 5.78 Å². The molecular formula is C17H12N2O5. The van der Waals surface area contributed by atoms with Gasteiger partial charge in [0.15, 0.2) is 18.0 Å². The summed E-state index contributed by atoms with van der Waals surface area (Å²) in [4.78, 5) is 40.5. The zero-order chi connectivity index (χ0) is 16.8. The van der Waals surface area contributed by atoms with Gasteiger partial charge in [-0.2, -0.15) is 0 Å². The first-order chi connectivity index (χ1) is 11.6. The number of ether oxygens (including phenoxy) is 2. The number of epoxide rings is 1. The minimum Gasteiger partial charge on any atom is -0.496 e. The lowest BCUT2D eigenvalue weighted by molar-refractivity contribution is -0.119. The van der Waals surface area contributed by atoms with Crippen molar-refractivity contribution in [1.82, 2.24) is 10.3 Å². The molecule has 7 nitrogen and oxygen atoms in total. The molecule has 2 heterocycles. The monoisotopic (exact) mass is 324 g/mol. The molecule has 1 aliphatic heterocycles. The first-order valence-corrected chi connectivity index (χ1v) is 7.28. The number of carbonyl (C=O) groups is 3. The Morgan fingerprint density at radius 2 is 2.12 bits per heavy atom. The number of amides is 1. The highest BCUT2D eigenvalue weighted by Gasteiger charge is 2.53. The van der Waals surface area contributed by atoms with Gasteiger partial charge < -0.3 is 14.8 Å². The summed E-state index contributed by atoms with van der Waals surface area (Å²) < 4.78 is 10.2. The van der Waals surface area contributed by atoms with Crippen LogP contribution in [0.3, 0.4) is 0 Å². The smallest absolute Gasteiger partial charge is 0.259 e. The van der Waals surface area contributed by atoms with E-state index in [2.05, 4.69) is 10.3 Å². The second-order valence-corrected chi connectivity index (χ2v) is 5.50. The van der Waals surface area contributed by atoms with Crippen LogP contribution in [0.4, 0.5) is 0 Å². The Kier molecular flexibility index (Phi) is 3.17. The molecule has 1 N–H and O–H groups in total. The van der Waals surface area contributed by atoms with Crippen LogP contribution in [0, 0.1) is 0 Å². The van der Waals surface area contributed by atoms with E-state index in [0.29, 0.717) is 11.3 Å². The summed E-state index contributed by atoms with van der Waals surface area (Å²) >= 11 is 0. The van der Waals surface area contributed by atoms with Crippen LogP contribution >= 0.6 is 0 Å². The Hall–Kier alpha value is -3.06. The Balaban J connectivity index is 1.68. The third-order valence-corrected chi connectivity index (χ3v) is 4.00. The van der Waals surface area contributed by atoms with Crippen LogP contribution in [-0.4, -0.2) is 41.8 Å². The quantitative estimate of drug-likeness (QED) is 0.838. The normalized spacial score (nSPS) is 22.0. The van der Waals surface area contributed by atoms with Crippen LogP contribution in [0.5, 0.6) is 5.75 Å². The van der Waals surface area contributed by atoms with Crippen molar-refractivity contribution < 1.29 is 23.9 Å². The first-order valence-electron chi connectivity index (χ1n) is 7.28. The van der Waals surface area contributed by atoms with Crippen molar-refractivity contribution in [2.24, 2.45) is 0 Å². The fraction of sp³-hybridized carbons (Fsp3) is 0.176. The van der Waals surface area contributed by atoms with Crippen molar-refractivity contribution in [2.75, 3.05) is 7.11 Å². The number of hydrogen-bond donors (Lipinski definition) is 1. The van der Waals surface area contributed by atoms with E-state index in [4.69, 9.17) is 9.47 Å². The van der Waals surface area contributed by atoms with Gasteiger partial charge in [-0.25, -0.2) is 0 Å². The molecule has 1 aliphatic carbocycles. The van der Waals surface area contributed by atoms with E-state index in [-0.39, 0.29) is 17.0 Å². The number of carbonyl (C=O) groups excluding carboxylic acids is 3. The number of nitrogens with one attached hydrogen (secondary N) is 1. The summed E-state index contributed by atoms with van der Waals surface area (Å²) in [7, 11) is 1.45. The van der Waals surface area contributed by atoms with Crippen molar-refractivity contribution in [3.05, 3.63) is 47.8 Å². The zero-order valence-corrected chi connectivity index (χ0v) is 12.6. The van der Waals surface area contributed by atoms with E-state index >= 15 is 0 Å². The standard InChI is InChI=1S/C17H12N2O5/c1-23-13-5-8-3-2-4-18-10(8)6-9(13)17(22)19-11-7-12(20)15-16(24-15)14(11)21/h2-7,15-16H,1H3,(H,19,22). The number of fused-ring (bicyclic) bond motifs is 2. The van der Waals surface area contributed by atoms with Gasteiger partial charge >= 0.3 is 0 Å². The molecule has 0 radical (unpaired) electrons. The van der Waals surface area contributed by atoms with E-state index in [9.17, 15) is 14.4 Å². The molecule has 0 saturated carbocycles. The van der Waals surface area contributed by atoms with Crippen LogP contribution in [0.25, 0.3) is 10.9 Å². The van der Waals surface area contributed by atoms with Crippen LogP contribution in [0.1, 0.15) is 10.4 Å². The molecule has 0 spiro atoms. The summed E-state index contributed by atoms with van der Waals surface area (Å²) in [5, 5.41) is 3.30. The Morgan fingerprint density at radius 1 is 1.29 bits per heavy atom. The molecule has 1 saturated heterocycles. The first kappa shape index (κ1) is 14.5. The summed E-state index contributed by atoms with van der Waals surface area (Å²) in [6, 6.07) is 6.91. The van der Waals surface area contributed by atoms with Crippen LogP contribution in [0.15, 0.2) is 42.2 Å². The topological polar surface area (TPSA) is 97.9 Å². The highest BCUT2D eigenvalue weighted by Crippen LogP contribution is 2.31. The molecule has 1 aromatic heterocycles. The van der Waals surface area contributed by atoms with Crippen molar-refractivity contribution in [3.63, 3.8) is 0 Å². The third-order valence-electron chi connectivity index (χ3n) is 4.00. The number of Topliss-reactive ketones (excluding diaryl/α,β-unsaturated/α-hetero) is 1. The average molecular weight is 324 g/mol. The third kappa shape index (κ3) is 2.26. The Labute approximate surface area is 136 Å². The number of ketones is 2. The number of aromatic nitrogens is 1. The molecule has 24 heavy (non-hydrogen) atoms. The predicted molar refractivity (Wildman–Crippen MR) is 82.5 cm³/mol. The minimum absolute atomic E-state index is 0.0630. The van der Waals surface area contributed by atoms with Gasteiger partial charge in [0.1, 0.15) is 5.75 Å². The van der Waals surface area contributed by atoms with Gasteiger partial charge in [-0.15, -0.1) is 0 Å². The maximum Gasteiger partial charge on any atom is 0.259 e. The van der Waals surface area contributed by atoms with E-state index in [1.54, 1.807) is 24.4 Å². The fourth-order valence-corrected chi connectivity index (χ4v) is 2.71. The largest absolute Gasteiger partial charge is 0.496 e. The van der Waals surface area contributed by atoms with E-state index in [1.807, 2.05) is 6.07 Å². The van der Waals surface area contributed by atoms with Gasteiger partial charge in [-0.1, -0.05) is 6.07 Å². The molecule has 7 heteroatoms. The molecule has 2 unspecified atom stereocenters. The molecule has 2 atom stereocenters. The van der Waals surface area contributed by atoms with E-state index in [0.717, 1.165) is 11.5 Å². The maximum atomic E-state index is 12.5. The molecule has 120 valence electrons. The lowest BCUT2D eigenvalue weighted by Crippen LogP contribution is -2.34. The zero-order valence-electron chi connectivity index (χ0n) is 12.6. The summed E-state index contributed by atoms with van der Waals surface area (Å²) in [5.41, 5.74) is 0.782. The fourth-order valence-electron chi connectivity index (χ4n) is 2.71. The van der Waals surface area contributed by atoms with Crippen molar-refractivity contribution in [2.45, 2.75) is 12.2 Å². The lowest BCUT2D eigenvalue weighted by Gasteiger charge is -2.13. The Bertz CT molecular complexity index is 934. The summed E-state index contributed by atoms with van der Waals surface area (Å²) in [6.07, 6.45) is 1.28. The SMILES string of the molecule is COc1cc2cccnc2cc1C(=O)NC1=CC(=O)C2OC2C1=O. The minimum atomic E-state index is -0.766. The molecule has 1 aromatic carbocycles. The highest BCUT2D eigenvalue weighted by molar-refractivity contribution is 6.18. The second-order valence-electron chi connectivity index (χ2n) is 5.50. The molecular weight excluding hydrogens is 312 g/mol. The number of methoxy groups -OCH3 is 1. The molecule has 4 rings (SSSR count).